The first-order chi connectivity index (χ1) is 9.67. The fraction of sp³-hybridized carbons (Fsp3) is 0.286. The van der Waals surface area contributed by atoms with E-state index in [1.807, 2.05) is 19.2 Å². The van der Waals surface area contributed by atoms with Crippen molar-refractivity contribution in [3.8, 4) is 6.07 Å². The maximum atomic E-state index is 8.84. The molecule has 0 atom stereocenters. The molecule has 1 aliphatic heterocycles. The third-order valence-electron chi connectivity index (χ3n) is 3.38. The summed E-state index contributed by atoms with van der Waals surface area (Å²) in [6.07, 6.45) is 2.73. The predicted octanol–water partition coefficient (Wildman–Crippen LogP) is 2.38. The van der Waals surface area contributed by atoms with Crippen LogP contribution in [0, 0.1) is 18.3 Å². The van der Waals surface area contributed by atoms with Gasteiger partial charge in [-0.3, -0.25) is 4.98 Å². The van der Waals surface area contributed by atoms with Crippen molar-refractivity contribution >= 4 is 21.7 Å². The number of aromatic nitrogens is 3. The molecule has 0 saturated heterocycles. The van der Waals surface area contributed by atoms with Gasteiger partial charge >= 0.3 is 0 Å². The lowest BCUT2D eigenvalue weighted by atomic mass is 10.1. The van der Waals surface area contributed by atoms with Gasteiger partial charge in [0, 0.05) is 35.9 Å². The summed E-state index contributed by atoms with van der Waals surface area (Å²) in [7, 11) is 0. The summed E-state index contributed by atoms with van der Waals surface area (Å²) in [4.78, 5) is 6.62. The lowest BCUT2D eigenvalue weighted by Gasteiger charge is -2.29. The smallest absolute Gasteiger partial charge is 0.163 e. The Morgan fingerprint density at radius 3 is 2.95 bits per heavy atom. The van der Waals surface area contributed by atoms with Gasteiger partial charge in [0.15, 0.2) is 11.5 Å². The normalized spacial score (nSPS) is 13.8. The Balaban J connectivity index is 1.92. The van der Waals surface area contributed by atoms with E-state index >= 15 is 0 Å². The third-order valence-corrected chi connectivity index (χ3v) is 3.81. The molecule has 3 heterocycles. The number of hydrogen-bond acceptors (Lipinski definition) is 5. The summed E-state index contributed by atoms with van der Waals surface area (Å²) in [5, 5.41) is 17.0. The van der Waals surface area contributed by atoms with E-state index in [1.165, 1.54) is 5.56 Å². The second-order valence-electron chi connectivity index (χ2n) is 4.78. The van der Waals surface area contributed by atoms with Crippen LogP contribution in [0.25, 0.3) is 0 Å². The van der Waals surface area contributed by atoms with E-state index < -0.39 is 0 Å². The molecule has 0 spiro atoms. The van der Waals surface area contributed by atoms with Gasteiger partial charge < -0.3 is 4.90 Å². The van der Waals surface area contributed by atoms with Crippen LogP contribution in [-0.4, -0.2) is 21.7 Å². The summed E-state index contributed by atoms with van der Waals surface area (Å²) in [6.45, 7) is 3.59. The van der Waals surface area contributed by atoms with Crippen molar-refractivity contribution in [1.29, 1.82) is 5.26 Å². The Morgan fingerprint density at radius 2 is 2.20 bits per heavy atom. The number of anilines is 1. The highest BCUT2D eigenvalue weighted by atomic mass is 79.9. The van der Waals surface area contributed by atoms with Gasteiger partial charge in [-0.15, -0.1) is 10.2 Å². The first kappa shape index (κ1) is 13.0. The van der Waals surface area contributed by atoms with Crippen LogP contribution in [0.15, 0.2) is 22.8 Å². The number of aryl methyl sites for hydroxylation is 1. The van der Waals surface area contributed by atoms with E-state index in [2.05, 4.69) is 42.1 Å². The molecule has 3 rings (SSSR count). The van der Waals surface area contributed by atoms with Crippen LogP contribution in [0.4, 0.5) is 5.82 Å². The molecule has 0 amide bonds. The zero-order valence-electron chi connectivity index (χ0n) is 11.0. The van der Waals surface area contributed by atoms with Crippen LogP contribution >= 0.6 is 15.9 Å². The van der Waals surface area contributed by atoms with Gasteiger partial charge in [0.25, 0.3) is 0 Å². The van der Waals surface area contributed by atoms with Gasteiger partial charge in [0.2, 0.25) is 0 Å². The van der Waals surface area contributed by atoms with Crippen molar-refractivity contribution in [2.45, 2.75) is 19.9 Å². The Morgan fingerprint density at radius 1 is 1.35 bits per heavy atom. The van der Waals surface area contributed by atoms with Gasteiger partial charge in [0.05, 0.1) is 0 Å². The maximum Gasteiger partial charge on any atom is 0.163 e. The summed E-state index contributed by atoms with van der Waals surface area (Å²) in [5.74, 6) is 0.842. The van der Waals surface area contributed by atoms with Crippen molar-refractivity contribution < 1.29 is 0 Å². The number of fused-ring (bicyclic) bond motifs is 1. The number of pyridine rings is 1. The van der Waals surface area contributed by atoms with Crippen LogP contribution in [0.2, 0.25) is 0 Å². The number of nitrogens with zero attached hydrogens (tertiary/aromatic N) is 5. The first-order valence-corrected chi connectivity index (χ1v) is 7.09. The van der Waals surface area contributed by atoms with Crippen LogP contribution < -0.4 is 4.90 Å². The van der Waals surface area contributed by atoms with Crippen LogP contribution in [0.1, 0.15) is 22.5 Å². The predicted molar refractivity (Wildman–Crippen MR) is 78.2 cm³/mol. The maximum absolute atomic E-state index is 8.84. The van der Waals surface area contributed by atoms with Crippen LogP contribution in [-0.2, 0) is 13.0 Å². The molecule has 100 valence electrons. The first-order valence-electron chi connectivity index (χ1n) is 6.30. The summed E-state index contributed by atoms with van der Waals surface area (Å²) >= 11 is 3.45. The standard InChI is InChI=1S/C14H12BrN5/c1-9-4-12(6-16)18-19-14(9)20-3-2-13-10(8-20)5-11(15)7-17-13/h4-5,7H,2-3,8H2,1H3. The Kier molecular flexibility index (Phi) is 3.36. The SMILES string of the molecule is Cc1cc(C#N)nnc1N1CCc2ncc(Br)cc2C1. The molecule has 0 radical (unpaired) electrons. The topological polar surface area (TPSA) is 65.7 Å². The highest BCUT2D eigenvalue weighted by molar-refractivity contribution is 9.10. The van der Waals surface area contributed by atoms with Crippen molar-refractivity contribution in [3.63, 3.8) is 0 Å². The second-order valence-corrected chi connectivity index (χ2v) is 5.69. The van der Waals surface area contributed by atoms with E-state index in [0.29, 0.717) is 5.69 Å². The van der Waals surface area contributed by atoms with Crippen molar-refractivity contribution in [3.05, 3.63) is 45.3 Å². The lowest BCUT2D eigenvalue weighted by molar-refractivity contribution is 0.692. The molecule has 0 aromatic carbocycles. The average molecular weight is 330 g/mol. The van der Waals surface area contributed by atoms with E-state index in [0.717, 1.165) is 41.1 Å². The molecular weight excluding hydrogens is 318 g/mol. The van der Waals surface area contributed by atoms with Gasteiger partial charge in [-0.1, -0.05) is 0 Å². The van der Waals surface area contributed by atoms with Crippen molar-refractivity contribution in [2.75, 3.05) is 11.4 Å². The minimum atomic E-state index is 0.355. The van der Waals surface area contributed by atoms with E-state index in [9.17, 15) is 0 Å². The van der Waals surface area contributed by atoms with Gasteiger partial charge in [-0.25, -0.2) is 0 Å². The molecule has 20 heavy (non-hydrogen) atoms. The second kappa shape index (κ2) is 5.17. The number of halogens is 1. The van der Waals surface area contributed by atoms with E-state index in [1.54, 1.807) is 6.07 Å². The molecule has 2 aromatic heterocycles. The number of rotatable bonds is 1. The van der Waals surface area contributed by atoms with Gasteiger partial charge in [0.1, 0.15) is 6.07 Å². The molecule has 0 unspecified atom stereocenters. The van der Waals surface area contributed by atoms with E-state index in [-0.39, 0.29) is 0 Å². The molecule has 0 saturated carbocycles. The minimum absolute atomic E-state index is 0.355. The number of nitriles is 1. The Hall–Kier alpha value is -2.00. The third kappa shape index (κ3) is 2.37. The highest BCUT2D eigenvalue weighted by Crippen LogP contribution is 2.25. The molecule has 0 fully saturated rings. The van der Waals surface area contributed by atoms with Gasteiger partial charge in [-0.2, -0.15) is 5.26 Å². The Bertz CT molecular complexity index is 707. The Labute approximate surface area is 125 Å². The minimum Gasteiger partial charge on any atom is -0.350 e. The molecule has 2 aromatic rings. The van der Waals surface area contributed by atoms with Crippen molar-refractivity contribution in [1.82, 2.24) is 15.2 Å². The number of hydrogen-bond donors (Lipinski definition) is 0. The monoisotopic (exact) mass is 329 g/mol. The largest absolute Gasteiger partial charge is 0.350 e. The zero-order chi connectivity index (χ0) is 14.1. The molecule has 1 aliphatic rings. The lowest BCUT2D eigenvalue weighted by Crippen LogP contribution is -2.32. The zero-order valence-corrected chi connectivity index (χ0v) is 12.6. The van der Waals surface area contributed by atoms with Gasteiger partial charge in [-0.05, 0) is 46.1 Å². The summed E-state index contributed by atoms with van der Waals surface area (Å²) in [6, 6.07) is 5.89. The van der Waals surface area contributed by atoms with Crippen molar-refractivity contribution in [2.24, 2.45) is 0 Å². The molecule has 5 nitrogen and oxygen atoms in total. The fourth-order valence-corrected chi connectivity index (χ4v) is 2.80. The van der Waals surface area contributed by atoms with Crippen LogP contribution in [0.5, 0.6) is 0 Å². The van der Waals surface area contributed by atoms with Crippen LogP contribution in [0.3, 0.4) is 0 Å². The van der Waals surface area contributed by atoms with E-state index in [4.69, 9.17) is 5.26 Å². The molecular formula is C14H12BrN5. The molecule has 6 heteroatoms. The quantitative estimate of drug-likeness (QED) is 0.803. The average Bonchev–Trinajstić information content (AvgIpc) is 2.46. The molecule has 0 aliphatic carbocycles. The summed E-state index contributed by atoms with van der Waals surface area (Å²) < 4.78 is 0.987. The highest BCUT2D eigenvalue weighted by Gasteiger charge is 2.20. The summed E-state index contributed by atoms with van der Waals surface area (Å²) in [5.41, 5.74) is 3.68. The molecule has 0 N–H and O–H groups in total. The fourth-order valence-electron chi connectivity index (χ4n) is 2.42. The molecule has 0 bridgehead atoms.